The molecule has 0 fully saturated rings. The molecule has 2 rings (SSSR count). The average Bonchev–Trinajstić information content (AvgIpc) is 2.59. The third-order valence-electron chi connectivity index (χ3n) is 3.41. The Morgan fingerprint density at radius 3 is 2.56 bits per heavy atom. The molecule has 7 heteroatoms. The van der Waals surface area contributed by atoms with Crippen molar-refractivity contribution in [3.63, 3.8) is 0 Å². The SMILES string of the molecule is COc1ccc(Br)cc1NC(=O)CCCNC(=O)c1ccc(Cl)cc1. The second-order valence-electron chi connectivity index (χ2n) is 5.26. The summed E-state index contributed by atoms with van der Waals surface area (Å²) in [4.78, 5) is 24.0. The van der Waals surface area contributed by atoms with E-state index in [1.165, 1.54) is 0 Å². The van der Waals surface area contributed by atoms with Crippen LogP contribution in [0.3, 0.4) is 0 Å². The van der Waals surface area contributed by atoms with Crippen LogP contribution in [0.5, 0.6) is 5.75 Å². The molecule has 0 heterocycles. The largest absolute Gasteiger partial charge is 0.495 e. The molecule has 2 amide bonds. The van der Waals surface area contributed by atoms with E-state index in [1.807, 2.05) is 6.07 Å². The highest BCUT2D eigenvalue weighted by Gasteiger charge is 2.09. The highest BCUT2D eigenvalue weighted by atomic mass is 79.9. The van der Waals surface area contributed by atoms with Gasteiger partial charge >= 0.3 is 0 Å². The monoisotopic (exact) mass is 424 g/mol. The molecule has 0 atom stereocenters. The summed E-state index contributed by atoms with van der Waals surface area (Å²) in [5.41, 5.74) is 1.14. The minimum atomic E-state index is -0.189. The Morgan fingerprint density at radius 1 is 1.16 bits per heavy atom. The maximum atomic E-state index is 12.0. The van der Waals surface area contributed by atoms with Gasteiger partial charge in [-0.25, -0.2) is 0 Å². The first-order chi connectivity index (χ1) is 12.0. The van der Waals surface area contributed by atoms with Gasteiger partial charge in [-0.05, 0) is 48.9 Å². The van der Waals surface area contributed by atoms with Crippen molar-refractivity contribution in [2.24, 2.45) is 0 Å². The molecule has 0 bridgehead atoms. The van der Waals surface area contributed by atoms with Crippen LogP contribution in [0.25, 0.3) is 0 Å². The van der Waals surface area contributed by atoms with Crippen molar-refractivity contribution in [3.05, 3.63) is 57.5 Å². The van der Waals surface area contributed by atoms with E-state index in [-0.39, 0.29) is 18.2 Å². The van der Waals surface area contributed by atoms with Gasteiger partial charge in [0.25, 0.3) is 5.91 Å². The molecule has 0 unspecified atom stereocenters. The fraction of sp³-hybridized carbons (Fsp3) is 0.222. The van der Waals surface area contributed by atoms with Crippen LogP contribution in [-0.2, 0) is 4.79 Å². The predicted molar refractivity (Wildman–Crippen MR) is 102 cm³/mol. The highest BCUT2D eigenvalue weighted by Crippen LogP contribution is 2.28. The third-order valence-corrected chi connectivity index (χ3v) is 4.15. The Balaban J connectivity index is 1.76. The number of rotatable bonds is 7. The minimum absolute atomic E-state index is 0.142. The summed E-state index contributed by atoms with van der Waals surface area (Å²) in [7, 11) is 1.55. The molecular formula is C18H18BrClN2O3. The molecule has 0 aliphatic rings. The summed E-state index contributed by atoms with van der Waals surface area (Å²) >= 11 is 9.15. The van der Waals surface area contributed by atoms with Crippen molar-refractivity contribution in [3.8, 4) is 5.75 Å². The van der Waals surface area contributed by atoms with Crippen LogP contribution in [0, 0.1) is 0 Å². The molecule has 0 aliphatic carbocycles. The number of carbonyl (C=O) groups is 2. The van der Waals surface area contributed by atoms with Gasteiger partial charge in [-0.2, -0.15) is 0 Å². The summed E-state index contributed by atoms with van der Waals surface area (Å²) in [6, 6.07) is 12.0. The molecule has 5 nitrogen and oxygen atoms in total. The second kappa shape index (κ2) is 9.44. The van der Waals surface area contributed by atoms with E-state index in [1.54, 1.807) is 43.5 Å². The van der Waals surface area contributed by atoms with Crippen LogP contribution in [0.1, 0.15) is 23.2 Å². The van der Waals surface area contributed by atoms with E-state index in [0.717, 1.165) is 4.47 Å². The van der Waals surface area contributed by atoms with Crippen molar-refractivity contribution in [2.45, 2.75) is 12.8 Å². The number of methoxy groups -OCH3 is 1. The third kappa shape index (κ3) is 6.07. The van der Waals surface area contributed by atoms with Crippen LogP contribution < -0.4 is 15.4 Å². The first-order valence-electron chi connectivity index (χ1n) is 7.67. The summed E-state index contributed by atoms with van der Waals surface area (Å²) < 4.78 is 6.06. The van der Waals surface area contributed by atoms with Gasteiger partial charge in [-0.3, -0.25) is 9.59 Å². The van der Waals surface area contributed by atoms with Gasteiger partial charge in [0, 0.05) is 28.0 Å². The standard InChI is InChI=1S/C18H18BrClN2O3/c1-25-16-9-6-13(19)11-15(16)22-17(23)3-2-10-21-18(24)12-4-7-14(20)8-5-12/h4-9,11H,2-3,10H2,1H3,(H,21,24)(H,22,23). The van der Waals surface area contributed by atoms with Gasteiger partial charge in [-0.1, -0.05) is 27.5 Å². The number of anilines is 1. The molecule has 0 aliphatic heterocycles. The van der Waals surface area contributed by atoms with Crippen molar-refractivity contribution in [1.82, 2.24) is 5.32 Å². The minimum Gasteiger partial charge on any atom is -0.495 e. The number of nitrogens with one attached hydrogen (secondary N) is 2. The lowest BCUT2D eigenvalue weighted by molar-refractivity contribution is -0.116. The fourth-order valence-corrected chi connectivity index (χ4v) is 2.63. The van der Waals surface area contributed by atoms with E-state index in [2.05, 4.69) is 26.6 Å². The Kier molecular flexibility index (Phi) is 7.28. The van der Waals surface area contributed by atoms with Crippen LogP contribution in [-0.4, -0.2) is 25.5 Å². The molecular weight excluding hydrogens is 408 g/mol. The lowest BCUT2D eigenvalue weighted by Gasteiger charge is -2.11. The molecule has 132 valence electrons. The Hall–Kier alpha value is -2.05. The van der Waals surface area contributed by atoms with Crippen molar-refractivity contribution in [2.75, 3.05) is 19.0 Å². The van der Waals surface area contributed by atoms with E-state index in [4.69, 9.17) is 16.3 Å². The maximum absolute atomic E-state index is 12.0. The summed E-state index contributed by atoms with van der Waals surface area (Å²) in [6.45, 7) is 0.407. The number of amides is 2. The molecule has 2 N–H and O–H groups in total. The Labute approximate surface area is 159 Å². The second-order valence-corrected chi connectivity index (χ2v) is 6.61. The summed E-state index contributed by atoms with van der Waals surface area (Å²) in [5, 5.41) is 6.16. The predicted octanol–water partition coefficient (Wildman–Crippen LogP) is 4.26. The number of hydrogen-bond donors (Lipinski definition) is 2. The number of halogens is 2. The number of ether oxygens (including phenoxy) is 1. The van der Waals surface area contributed by atoms with Crippen LogP contribution in [0.4, 0.5) is 5.69 Å². The van der Waals surface area contributed by atoms with Gasteiger partial charge < -0.3 is 15.4 Å². The zero-order valence-electron chi connectivity index (χ0n) is 13.6. The van der Waals surface area contributed by atoms with Crippen molar-refractivity contribution in [1.29, 1.82) is 0 Å². The quantitative estimate of drug-likeness (QED) is 0.651. The lowest BCUT2D eigenvalue weighted by atomic mass is 10.2. The van der Waals surface area contributed by atoms with Gasteiger partial charge in [0.2, 0.25) is 5.91 Å². The normalized spacial score (nSPS) is 10.2. The summed E-state index contributed by atoms with van der Waals surface area (Å²) in [5.74, 6) is 0.260. The zero-order chi connectivity index (χ0) is 18.2. The lowest BCUT2D eigenvalue weighted by Crippen LogP contribution is -2.25. The topological polar surface area (TPSA) is 67.4 Å². The Morgan fingerprint density at radius 2 is 1.88 bits per heavy atom. The van der Waals surface area contributed by atoms with Gasteiger partial charge in [-0.15, -0.1) is 0 Å². The first-order valence-corrected chi connectivity index (χ1v) is 8.84. The number of hydrogen-bond acceptors (Lipinski definition) is 3. The maximum Gasteiger partial charge on any atom is 0.251 e. The van der Waals surface area contributed by atoms with E-state index in [9.17, 15) is 9.59 Å². The average molecular weight is 426 g/mol. The van der Waals surface area contributed by atoms with Gasteiger partial charge in [0.15, 0.2) is 0 Å². The van der Waals surface area contributed by atoms with E-state index in [0.29, 0.717) is 35.0 Å². The molecule has 2 aromatic carbocycles. The zero-order valence-corrected chi connectivity index (χ0v) is 16.0. The number of carbonyl (C=O) groups excluding carboxylic acids is 2. The van der Waals surface area contributed by atoms with Crippen LogP contribution >= 0.6 is 27.5 Å². The molecule has 2 aromatic rings. The van der Waals surface area contributed by atoms with Crippen molar-refractivity contribution >= 4 is 45.0 Å². The molecule has 0 saturated heterocycles. The highest BCUT2D eigenvalue weighted by molar-refractivity contribution is 9.10. The van der Waals surface area contributed by atoms with Crippen LogP contribution in [0.2, 0.25) is 5.02 Å². The smallest absolute Gasteiger partial charge is 0.251 e. The number of benzene rings is 2. The van der Waals surface area contributed by atoms with Crippen molar-refractivity contribution < 1.29 is 14.3 Å². The van der Waals surface area contributed by atoms with E-state index < -0.39 is 0 Å². The molecule has 25 heavy (non-hydrogen) atoms. The molecule has 0 aromatic heterocycles. The van der Waals surface area contributed by atoms with Gasteiger partial charge in [0.1, 0.15) is 5.75 Å². The first kappa shape index (κ1) is 19.3. The van der Waals surface area contributed by atoms with E-state index >= 15 is 0 Å². The fourth-order valence-electron chi connectivity index (χ4n) is 2.14. The molecule has 0 radical (unpaired) electrons. The Bertz CT molecular complexity index is 750. The molecule has 0 spiro atoms. The molecule has 0 saturated carbocycles. The van der Waals surface area contributed by atoms with Gasteiger partial charge in [0.05, 0.1) is 12.8 Å². The van der Waals surface area contributed by atoms with Crippen LogP contribution in [0.15, 0.2) is 46.9 Å². The summed E-state index contributed by atoms with van der Waals surface area (Å²) in [6.07, 6.45) is 0.818.